The van der Waals surface area contributed by atoms with Crippen molar-refractivity contribution in [3.05, 3.63) is 22.7 Å². The summed E-state index contributed by atoms with van der Waals surface area (Å²) in [7, 11) is 1.44. The zero-order chi connectivity index (χ0) is 17.2. The normalized spacial score (nSPS) is 9.65. The van der Waals surface area contributed by atoms with Gasteiger partial charge in [0.15, 0.2) is 18.1 Å². The number of benzene rings is 1. The van der Waals surface area contributed by atoms with Crippen LogP contribution >= 0.6 is 11.6 Å². The van der Waals surface area contributed by atoms with E-state index in [1.165, 1.54) is 19.2 Å². The minimum Gasteiger partial charge on any atom is -0.493 e. The van der Waals surface area contributed by atoms with Gasteiger partial charge in [-0.2, -0.15) is 0 Å². The maximum atomic E-state index is 12.0. The Balaban J connectivity index is 2.80. The van der Waals surface area contributed by atoms with Gasteiger partial charge in [0.25, 0.3) is 5.91 Å². The maximum absolute atomic E-state index is 12.0. The molecule has 0 saturated heterocycles. The van der Waals surface area contributed by atoms with Crippen molar-refractivity contribution < 1.29 is 23.8 Å². The van der Waals surface area contributed by atoms with Gasteiger partial charge in [-0.25, -0.2) is 4.79 Å². The molecule has 0 aliphatic carbocycles. The van der Waals surface area contributed by atoms with Gasteiger partial charge in [0, 0.05) is 0 Å². The van der Waals surface area contributed by atoms with E-state index >= 15 is 0 Å². The summed E-state index contributed by atoms with van der Waals surface area (Å²) in [5.74, 6) is 1.72. The Bertz CT molecular complexity index is 609. The van der Waals surface area contributed by atoms with Crippen molar-refractivity contribution in [2.24, 2.45) is 0 Å². The molecule has 1 rings (SSSR count). The Kier molecular flexibility index (Phi) is 7.78. The average Bonchev–Trinajstić information content (AvgIpc) is 2.55. The summed E-state index contributed by atoms with van der Waals surface area (Å²) >= 11 is 6.11. The van der Waals surface area contributed by atoms with E-state index < -0.39 is 18.5 Å². The van der Waals surface area contributed by atoms with Crippen LogP contribution in [0.5, 0.6) is 11.5 Å². The molecular weight excluding hydrogens is 322 g/mol. The number of esters is 1. The molecule has 1 aromatic rings. The van der Waals surface area contributed by atoms with Crippen LogP contribution in [0.3, 0.4) is 0 Å². The van der Waals surface area contributed by atoms with E-state index in [9.17, 15) is 9.59 Å². The van der Waals surface area contributed by atoms with E-state index in [1.807, 2.05) is 6.92 Å². The van der Waals surface area contributed by atoms with Crippen molar-refractivity contribution in [2.75, 3.05) is 26.9 Å². The first-order chi connectivity index (χ1) is 11.0. The molecule has 1 aromatic carbocycles. The summed E-state index contributed by atoms with van der Waals surface area (Å²) < 4.78 is 15.6. The third-order valence-electron chi connectivity index (χ3n) is 2.64. The number of carbonyl (C=O) groups excluding carboxylic acids is 2. The summed E-state index contributed by atoms with van der Waals surface area (Å²) in [5.41, 5.74) is 0.153. The molecule has 0 heterocycles. The highest BCUT2D eigenvalue weighted by atomic mass is 35.5. The minimum absolute atomic E-state index is 0.0689. The van der Waals surface area contributed by atoms with E-state index in [2.05, 4.69) is 11.2 Å². The van der Waals surface area contributed by atoms with Crippen LogP contribution in [-0.4, -0.2) is 38.7 Å². The number of hydrogen-bond acceptors (Lipinski definition) is 5. The molecule has 0 fully saturated rings. The Labute approximate surface area is 140 Å². The molecule has 0 radical (unpaired) electrons. The number of carbonyl (C=O) groups is 2. The van der Waals surface area contributed by atoms with E-state index in [0.29, 0.717) is 18.1 Å². The third kappa shape index (κ3) is 5.72. The van der Waals surface area contributed by atoms with Gasteiger partial charge in [-0.15, -0.1) is 6.42 Å². The quantitative estimate of drug-likeness (QED) is 0.579. The van der Waals surface area contributed by atoms with E-state index in [-0.39, 0.29) is 17.1 Å². The molecule has 124 valence electrons. The number of terminal acetylenes is 1. The molecule has 0 aliphatic heterocycles. The van der Waals surface area contributed by atoms with Gasteiger partial charge in [0.1, 0.15) is 0 Å². The van der Waals surface area contributed by atoms with Gasteiger partial charge >= 0.3 is 5.97 Å². The second kappa shape index (κ2) is 9.59. The van der Waals surface area contributed by atoms with Gasteiger partial charge in [0.2, 0.25) is 0 Å². The van der Waals surface area contributed by atoms with E-state index in [0.717, 1.165) is 6.42 Å². The second-order valence-corrected chi connectivity index (χ2v) is 4.80. The van der Waals surface area contributed by atoms with Crippen LogP contribution in [0, 0.1) is 12.3 Å². The summed E-state index contributed by atoms with van der Waals surface area (Å²) in [6, 6.07) is 2.84. The van der Waals surface area contributed by atoms with Crippen molar-refractivity contribution in [3.63, 3.8) is 0 Å². The van der Waals surface area contributed by atoms with Crippen LogP contribution < -0.4 is 14.8 Å². The van der Waals surface area contributed by atoms with Crippen molar-refractivity contribution in [2.45, 2.75) is 13.3 Å². The third-order valence-corrected chi connectivity index (χ3v) is 2.92. The largest absolute Gasteiger partial charge is 0.493 e. The lowest BCUT2D eigenvalue weighted by molar-refractivity contribution is -0.123. The lowest BCUT2D eigenvalue weighted by Gasteiger charge is -2.13. The topological polar surface area (TPSA) is 73.9 Å². The van der Waals surface area contributed by atoms with Crippen LogP contribution in [0.2, 0.25) is 5.02 Å². The minimum atomic E-state index is -0.705. The maximum Gasteiger partial charge on any atom is 0.338 e. The Morgan fingerprint density at radius 3 is 2.74 bits per heavy atom. The first-order valence-corrected chi connectivity index (χ1v) is 7.28. The Morgan fingerprint density at radius 1 is 1.39 bits per heavy atom. The van der Waals surface area contributed by atoms with Gasteiger partial charge < -0.3 is 19.5 Å². The molecule has 0 aliphatic rings. The molecule has 1 amide bonds. The summed E-state index contributed by atoms with van der Waals surface area (Å²) in [6.45, 7) is 2.06. The van der Waals surface area contributed by atoms with Crippen molar-refractivity contribution in [1.82, 2.24) is 5.32 Å². The van der Waals surface area contributed by atoms with Crippen LogP contribution in [0.1, 0.15) is 23.7 Å². The number of methoxy groups -OCH3 is 1. The number of nitrogens with one attached hydrogen (secondary N) is 1. The average molecular weight is 340 g/mol. The number of amides is 1. The molecule has 0 unspecified atom stereocenters. The van der Waals surface area contributed by atoms with Crippen LogP contribution in [0.4, 0.5) is 0 Å². The van der Waals surface area contributed by atoms with Gasteiger partial charge in [0.05, 0.1) is 30.8 Å². The van der Waals surface area contributed by atoms with E-state index in [4.69, 9.17) is 32.2 Å². The zero-order valence-electron chi connectivity index (χ0n) is 13.0. The number of ether oxygens (including phenoxy) is 3. The molecule has 0 spiro atoms. The highest BCUT2D eigenvalue weighted by molar-refractivity contribution is 6.32. The van der Waals surface area contributed by atoms with Crippen LogP contribution in [-0.2, 0) is 9.53 Å². The lowest BCUT2D eigenvalue weighted by Crippen LogP contribution is -2.29. The van der Waals surface area contributed by atoms with Gasteiger partial charge in [-0.3, -0.25) is 4.79 Å². The molecule has 0 atom stereocenters. The summed E-state index contributed by atoms with van der Waals surface area (Å²) in [5, 5.41) is 2.61. The van der Waals surface area contributed by atoms with E-state index in [1.54, 1.807) is 0 Å². The predicted molar refractivity (Wildman–Crippen MR) is 85.9 cm³/mol. The lowest BCUT2D eigenvalue weighted by atomic mass is 10.2. The van der Waals surface area contributed by atoms with Crippen LogP contribution in [0.25, 0.3) is 0 Å². The smallest absolute Gasteiger partial charge is 0.338 e. The van der Waals surface area contributed by atoms with Crippen molar-refractivity contribution in [1.29, 1.82) is 0 Å². The molecule has 1 N–H and O–H groups in total. The zero-order valence-corrected chi connectivity index (χ0v) is 13.7. The molecule has 6 nitrogen and oxygen atoms in total. The second-order valence-electron chi connectivity index (χ2n) is 4.39. The van der Waals surface area contributed by atoms with Crippen molar-refractivity contribution >= 4 is 23.5 Å². The SMILES string of the molecule is C#CCNC(=O)COC(=O)c1cc(Cl)c(OCCC)c(OC)c1. The number of hydrogen-bond donors (Lipinski definition) is 1. The fourth-order valence-electron chi connectivity index (χ4n) is 1.60. The number of rotatable bonds is 8. The first-order valence-electron chi connectivity index (χ1n) is 6.91. The first kappa shape index (κ1) is 18.7. The summed E-state index contributed by atoms with van der Waals surface area (Å²) in [4.78, 5) is 23.3. The molecule has 0 aromatic heterocycles. The van der Waals surface area contributed by atoms with Crippen LogP contribution in [0.15, 0.2) is 12.1 Å². The molecule has 23 heavy (non-hydrogen) atoms. The molecular formula is C16H18ClNO5. The Morgan fingerprint density at radius 2 is 2.13 bits per heavy atom. The summed E-state index contributed by atoms with van der Waals surface area (Å²) in [6.07, 6.45) is 5.81. The monoisotopic (exact) mass is 339 g/mol. The molecule has 7 heteroatoms. The standard InChI is InChI=1S/C16H18ClNO5/c1-4-6-18-14(19)10-23-16(20)11-8-12(17)15(22-7-5-2)13(9-11)21-3/h1,8-9H,5-7,10H2,2-3H3,(H,18,19). The fraction of sp³-hybridized carbons (Fsp3) is 0.375. The highest BCUT2D eigenvalue weighted by Gasteiger charge is 2.17. The highest BCUT2D eigenvalue weighted by Crippen LogP contribution is 2.36. The predicted octanol–water partition coefficient (Wildman–Crippen LogP) is 2.04. The fourth-order valence-corrected chi connectivity index (χ4v) is 1.86. The molecule has 0 bridgehead atoms. The van der Waals surface area contributed by atoms with Gasteiger partial charge in [-0.05, 0) is 18.6 Å². The number of halogens is 1. The Hall–Kier alpha value is -2.39. The van der Waals surface area contributed by atoms with Gasteiger partial charge in [-0.1, -0.05) is 24.4 Å². The molecule has 0 saturated carbocycles. The van der Waals surface area contributed by atoms with Crippen molar-refractivity contribution in [3.8, 4) is 23.8 Å².